The van der Waals surface area contributed by atoms with Gasteiger partial charge in [-0.3, -0.25) is 4.79 Å². The molecule has 1 heterocycles. The van der Waals surface area contributed by atoms with Crippen molar-refractivity contribution in [2.45, 2.75) is 44.8 Å². The molecule has 3 rings (SSSR count). The number of carbonyl (C=O) groups is 1. The maximum absolute atomic E-state index is 12.7. The molecule has 6 nitrogen and oxygen atoms in total. The third kappa shape index (κ3) is 3.22. The van der Waals surface area contributed by atoms with Crippen molar-refractivity contribution in [1.29, 1.82) is 0 Å². The quantitative estimate of drug-likeness (QED) is 0.907. The number of hydrogen-bond acceptors (Lipinski definition) is 5. The summed E-state index contributed by atoms with van der Waals surface area (Å²) in [6, 6.07) is 5.90. The monoisotopic (exact) mass is 337 g/mol. The largest absolute Gasteiger partial charge is 0.434 e. The molecule has 1 aliphatic carbocycles. The summed E-state index contributed by atoms with van der Waals surface area (Å²) in [5, 5.41) is 6.84. The van der Waals surface area contributed by atoms with Crippen LogP contribution in [0.2, 0.25) is 0 Å². The molecule has 1 N–H and O–H groups in total. The molecule has 0 spiro atoms. The molecule has 128 valence electrons. The fourth-order valence-electron chi connectivity index (χ4n) is 3.01. The number of carbonyl (C=O) groups excluding carboxylic acids is 1. The molecule has 1 aromatic heterocycles. The number of aromatic nitrogens is 2. The van der Waals surface area contributed by atoms with Crippen LogP contribution in [0.15, 0.2) is 28.8 Å². The SMILES string of the molecule is Cc1nc(C2(NC(=O)c3ccccc3OC(F)F)CCCC2)no1. The van der Waals surface area contributed by atoms with E-state index in [1.54, 1.807) is 13.0 Å². The Hall–Kier alpha value is -2.51. The van der Waals surface area contributed by atoms with E-state index >= 15 is 0 Å². The average molecular weight is 337 g/mol. The first-order chi connectivity index (χ1) is 11.5. The number of hydrogen-bond donors (Lipinski definition) is 1. The van der Waals surface area contributed by atoms with Crippen LogP contribution in [0.4, 0.5) is 8.78 Å². The van der Waals surface area contributed by atoms with Crippen molar-refractivity contribution in [3.05, 3.63) is 41.5 Å². The normalized spacial score (nSPS) is 16.3. The predicted octanol–water partition coefficient (Wildman–Crippen LogP) is 3.18. The summed E-state index contributed by atoms with van der Waals surface area (Å²) >= 11 is 0. The molecule has 2 aromatic rings. The van der Waals surface area contributed by atoms with E-state index in [1.165, 1.54) is 18.2 Å². The number of alkyl halides is 2. The highest BCUT2D eigenvalue weighted by molar-refractivity contribution is 5.97. The summed E-state index contributed by atoms with van der Waals surface area (Å²) in [6.07, 6.45) is 3.14. The molecule has 1 saturated carbocycles. The summed E-state index contributed by atoms with van der Waals surface area (Å²) in [6.45, 7) is -1.33. The van der Waals surface area contributed by atoms with Gasteiger partial charge in [0.2, 0.25) is 5.89 Å². The molecular formula is C16H17F2N3O3. The summed E-state index contributed by atoms with van der Waals surface area (Å²) in [4.78, 5) is 16.9. The number of aryl methyl sites for hydroxylation is 1. The van der Waals surface area contributed by atoms with Gasteiger partial charge in [0.05, 0.1) is 5.56 Å². The Morgan fingerprint density at radius 1 is 1.33 bits per heavy atom. The van der Waals surface area contributed by atoms with Gasteiger partial charge in [-0.15, -0.1) is 0 Å². The zero-order valence-corrected chi connectivity index (χ0v) is 13.1. The van der Waals surface area contributed by atoms with Gasteiger partial charge in [-0.1, -0.05) is 30.1 Å². The number of nitrogens with one attached hydrogen (secondary N) is 1. The Labute approximate surface area is 137 Å². The number of ether oxygens (including phenoxy) is 1. The molecule has 0 bridgehead atoms. The Kier molecular flexibility index (Phi) is 4.46. The van der Waals surface area contributed by atoms with Crippen molar-refractivity contribution in [2.24, 2.45) is 0 Å². The number of nitrogens with zero attached hydrogens (tertiary/aromatic N) is 2. The maximum Gasteiger partial charge on any atom is 0.387 e. The van der Waals surface area contributed by atoms with E-state index in [0.717, 1.165) is 12.8 Å². The Morgan fingerprint density at radius 3 is 2.67 bits per heavy atom. The molecule has 24 heavy (non-hydrogen) atoms. The van der Waals surface area contributed by atoms with Crippen LogP contribution in [-0.4, -0.2) is 22.7 Å². The third-order valence-corrected chi connectivity index (χ3v) is 4.11. The van der Waals surface area contributed by atoms with E-state index in [0.29, 0.717) is 24.6 Å². The second-order valence-electron chi connectivity index (χ2n) is 5.76. The summed E-state index contributed by atoms with van der Waals surface area (Å²) in [5.74, 6) is 0.156. The first-order valence-corrected chi connectivity index (χ1v) is 7.67. The maximum atomic E-state index is 12.7. The fourth-order valence-corrected chi connectivity index (χ4v) is 3.01. The Morgan fingerprint density at radius 2 is 2.04 bits per heavy atom. The van der Waals surface area contributed by atoms with Crippen LogP contribution >= 0.6 is 0 Å². The van der Waals surface area contributed by atoms with Crippen LogP contribution in [0.5, 0.6) is 5.75 Å². The second kappa shape index (κ2) is 6.54. The van der Waals surface area contributed by atoms with E-state index in [-0.39, 0.29) is 11.3 Å². The lowest BCUT2D eigenvalue weighted by atomic mass is 9.95. The third-order valence-electron chi connectivity index (χ3n) is 4.11. The first-order valence-electron chi connectivity index (χ1n) is 7.67. The van der Waals surface area contributed by atoms with Crippen LogP contribution in [-0.2, 0) is 5.54 Å². The number of para-hydroxylation sites is 1. The lowest BCUT2D eigenvalue weighted by Gasteiger charge is -2.27. The Balaban J connectivity index is 1.88. The van der Waals surface area contributed by atoms with Gasteiger partial charge in [0.1, 0.15) is 11.3 Å². The molecule has 0 saturated heterocycles. The highest BCUT2D eigenvalue weighted by Gasteiger charge is 2.41. The van der Waals surface area contributed by atoms with Crippen molar-refractivity contribution < 1.29 is 22.8 Å². The lowest BCUT2D eigenvalue weighted by molar-refractivity contribution is -0.0501. The number of benzene rings is 1. The first kappa shape index (κ1) is 16.4. The number of halogens is 2. The average Bonchev–Trinajstić information content (AvgIpc) is 3.17. The van der Waals surface area contributed by atoms with E-state index < -0.39 is 18.1 Å². The highest BCUT2D eigenvalue weighted by atomic mass is 19.3. The van der Waals surface area contributed by atoms with Gasteiger partial charge in [-0.05, 0) is 25.0 Å². The molecule has 0 atom stereocenters. The highest BCUT2D eigenvalue weighted by Crippen LogP contribution is 2.38. The number of rotatable bonds is 5. The molecule has 1 fully saturated rings. The summed E-state index contributed by atoms with van der Waals surface area (Å²) in [5.41, 5.74) is -0.698. The molecule has 0 unspecified atom stereocenters. The molecule has 0 aliphatic heterocycles. The Bertz CT molecular complexity index is 727. The molecule has 0 radical (unpaired) electrons. The van der Waals surface area contributed by atoms with Gasteiger partial charge >= 0.3 is 6.61 Å². The van der Waals surface area contributed by atoms with Crippen LogP contribution in [0.25, 0.3) is 0 Å². The van der Waals surface area contributed by atoms with Crippen molar-refractivity contribution >= 4 is 5.91 Å². The predicted molar refractivity (Wildman–Crippen MR) is 79.7 cm³/mol. The second-order valence-corrected chi connectivity index (χ2v) is 5.76. The molecule has 1 aromatic carbocycles. The molecule has 8 heteroatoms. The minimum Gasteiger partial charge on any atom is -0.434 e. The zero-order chi connectivity index (χ0) is 17.2. The molecular weight excluding hydrogens is 320 g/mol. The van der Waals surface area contributed by atoms with Crippen LogP contribution in [0.1, 0.15) is 47.8 Å². The van der Waals surface area contributed by atoms with Gasteiger partial charge in [0, 0.05) is 6.92 Å². The van der Waals surface area contributed by atoms with Crippen molar-refractivity contribution in [3.8, 4) is 5.75 Å². The lowest BCUT2D eigenvalue weighted by Crippen LogP contribution is -2.44. The summed E-state index contributed by atoms with van der Waals surface area (Å²) < 4.78 is 34.5. The van der Waals surface area contributed by atoms with Crippen LogP contribution < -0.4 is 10.1 Å². The van der Waals surface area contributed by atoms with Crippen LogP contribution in [0.3, 0.4) is 0 Å². The smallest absolute Gasteiger partial charge is 0.387 e. The van der Waals surface area contributed by atoms with Gasteiger partial charge in [-0.2, -0.15) is 13.8 Å². The minimum atomic E-state index is -3.00. The van der Waals surface area contributed by atoms with Crippen molar-refractivity contribution in [1.82, 2.24) is 15.5 Å². The van der Waals surface area contributed by atoms with Crippen LogP contribution in [0, 0.1) is 6.92 Å². The van der Waals surface area contributed by atoms with Gasteiger partial charge in [0.15, 0.2) is 5.82 Å². The van der Waals surface area contributed by atoms with Gasteiger partial charge in [0.25, 0.3) is 5.91 Å². The standard InChI is InChI=1S/C16H17F2N3O3/c1-10-19-14(21-24-10)16(8-4-5-9-16)20-13(22)11-6-2-3-7-12(11)23-15(17)18/h2-3,6-7,15H,4-5,8-9H2,1H3,(H,20,22). The minimum absolute atomic E-state index is 0.0456. The zero-order valence-electron chi connectivity index (χ0n) is 13.1. The van der Waals surface area contributed by atoms with Crippen molar-refractivity contribution in [3.63, 3.8) is 0 Å². The van der Waals surface area contributed by atoms with Gasteiger partial charge in [-0.25, -0.2) is 0 Å². The fraction of sp³-hybridized carbons (Fsp3) is 0.438. The van der Waals surface area contributed by atoms with E-state index in [2.05, 4.69) is 20.2 Å². The molecule has 1 aliphatic rings. The topological polar surface area (TPSA) is 77.2 Å². The van der Waals surface area contributed by atoms with Crippen molar-refractivity contribution in [2.75, 3.05) is 0 Å². The van der Waals surface area contributed by atoms with E-state index in [1.807, 2.05) is 0 Å². The molecule has 1 amide bonds. The van der Waals surface area contributed by atoms with E-state index in [9.17, 15) is 13.6 Å². The van der Waals surface area contributed by atoms with E-state index in [4.69, 9.17) is 4.52 Å². The van der Waals surface area contributed by atoms with Gasteiger partial charge < -0.3 is 14.6 Å². The summed E-state index contributed by atoms with van der Waals surface area (Å²) in [7, 11) is 0. The number of amides is 1.